The molecule has 0 spiro atoms. The SMILES string of the molecule is O=C(O)c1cn(-c2ccccn2)nc1F. The van der Waals surface area contributed by atoms with Crippen LogP contribution in [0.5, 0.6) is 0 Å². The fourth-order valence-corrected chi connectivity index (χ4v) is 1.10. The van der Waals surface area contributed by atoms with Crippen molar-refractivity contribution in [2.45, 2.75) is 0 Å². The van der Waals surface area contributed by atoms with E-state index in [0.717, 1.165) is 10.9 Å². The quantitative estimate of drug-likeness (QED) is 0.800. The van der Waals surface area contributed by atoms with Crippen LogP contribution >= 0.6 is 0 Å². The lowest BCUT2D eigenvalue weighted by atomic mass is 10.4. The average Bonchev–Trinajstić information content (AvgIpc) is 2.62. The molecule has 0 saturated heterocycles. The lowest BCUT2D eigenvalue weighted by molar-refractivity contribution is 0.0692. The third kappa shape index (κ3) is 1.69. The van der Waals surface area contributed by atoms with E-state index in [1.165, 1.54) is 6.20 Å². The second-order valence-electron chi connectivity index (χ2n) is 2.77. The van der Waals surface area contributed by atoms with Crippen LogP contribution in [0, 0.1) is 5.95 Å². The minimum absolute atomic E-state index is 0.365. The van der Waals surface area contributed by atoms with Gasteiger partial charge < -0.3 is 5.11 Å². The number of aromatic nitrogens is 3. The zero-order valence-corrected chi connectivity index (χ0v) is 7.46. The average molecular weight is 207 g/mol. The molecular weight excluding hydrogens is 201 g/mol. The third-order valence-corrected chi connectivity index (χ3v) is 1.78. The van der Waals surface area contributed by atoms with Gasteiger partial charge in [0.1, 0.15) is 5.56 Å². The third-order valence-electron chi connectivity index (χ3n) is 1.78. The number of rotatable bonds is 2. The number of carboxylic acids is 1. The summed E-state index contributed by atoms with van der Waals surface area (Å²) in [4.78, 5) is 14.5. The van der Waals surface area contributed by atoms with E-state index in [0.29, 0.717) is 5.82 Å². The lowest BCUT2D eigenvalue weighted by Gasteiger charge is -1.96. The first kappa shape index (κ1) is 9.32. The van der Waals surface area contributed by atoms with Crippen molar-refractivity contribution in [3.8, 4) is 5.82 Å². The van der Waals surface area contributed by atoms with Gasteiger partial charge in [0.25, 0.3) is 0 Å². The predicted octanol–water partition coefficient (Wildman–Crippen LogP) is 1.10. The number of aromatic carboxylic acids is 1. The summed E-state index contributed by atoms with van der Waals surface area (Å²) in [7, 11) is 0. The molecule has 6 heteroatoms. The summed E-state index contributed by atoms with van der Waals surface area (Å²) < 4.78 is 14.1. The summed E-state index contributed by atoms with van der Waals surface area (Å²) in [5.41, 5.74) is -0.472. The number of carbonyl (C=O) groups is 1. The van der Waals surface area contributed by atoms with Crippen LogP contribution in [0.3, 0.4) is 0 Å². The maximum atomic E-state index is 13.0. The van der Waals surface area contributed by atoms with Crippen LogP contribution in [0.1, 0.15) is 10.4 Å². The van der Waals surface area contributed by atoms with Gasteiger partial charge in [-0.3, -0.25) is 0 Å². The minimum atomic E-state index is -1.35. The van der Waals surface area contributed by atoms with Gasteiger partial charge in [-0.05, 0) is 12.1 Å². The molecular formula is C9H6FN3O2. The van der Waals surface area contributed by atoms with Crippen molar-refractivity contribution in [1.82, 2.24) is 14.8 Å². The molecule has 5 nitrogen and oxygen atoms in total. The van der Waals surface area contributed by atoms with E-state index in [-0.39, 0.29) is 0 Å². The van der Waals surface area contributed by atoms with E-state index in [9.17, 15) is 9.18 Å². The van der Waals surface area contributed by atoms with Gasteiger partial charge in [-0.1, -0.05) is 6.07 Å². The van der Waals surface area contributed by atoms with Crippen LogP contribution in [-0.4, -0.2) is 25.8 Å². The van der Waals surface area contributed by atoms with E-state index in [2.05, 4.69) is 10.1 Å². The molecule has 2 aromatic rings. The number of carboxylic acid groups (broad SMARTS) is 1. The second kappa shape index (κ2) is 3.49. The number of hydrogen-bond donors (Lipinski definition) is 1. The summed E-state index contributed by atoms with van der Waals surface area (Å²) >= 11 is 0. The molecule has 0 aliphatic carbocycles. The zero-order valence-electron chi connectivity index (χ0n) is 7.46. The highest BCUT2D eigenvalue weighted by Crippen LogP contribution is 2.08. The molecule has 0 saturated carbocycles. The lowest BCUT2D eigenvalue weighted by Crippen LogP contribution is -1.97. The molecule has 2 rings (SSSR count). The van der Waals surface area contributed by atoms with Gasteiger partial charge in [-0.25, -0.2) is 14.5 Å². The molecule has 15 heavy (non-hydrogen) atoms. The van der Waals surface area contributed by atoms with Crippen molar-refractivity contribution in [3.05, 3.63) is 42.1 Å². The van der Waals surface area contributed by atoms with Gasteiger partial charge >= 0.3 is 5.97 Å². The fourth-order valence-electron chi connectivity index (χ4n) is 1.10. The summed E-state index contributed by atoms with van der Waals surface area (Å²) in [6.45, 7) is 0. The predicted molar refractivity (Wildman–Crippen MR) is 48.3 cm³/mol. The molecule has 0 radical (unpaired) electrons. The summed E-state index contributed by atoms with van der Waals surface area (Å²) in [6, 6.07) is 4.99. The smallest absolute Gasteiger partial charge is 0.342 e. The second-order valence-corrected chi connectivity index (χ2v) is 2.77. The van der Waals surface area contributed by atoms with Crippen LogP contribution in [-0.2, 0) is 0 Å². The van der Waals surface area contributed by atoms with Gasteiger partial charge in [-0.15, -0.1) is 5.10 Å². The van der Waals surface area contributed by atoms with Crippen LogP contribution in [0.2, 0.25) is 0 Å². The van der Waals surface area contributed by atoms with E-state index >= 15 is 0 Å². The van der Waals surface area contributed by atoms with Crippen molar-refractivity contribution in [1.29, 1.82) is 0 Å². The molecule has 0 aliphatic rings. The Bertz CT molecular complexity index is 495. The summed E-state index contributed by atoms with van der Waals surface area (Å²) in [5.74, 6) is -2.01. The first-order valence-corrected chi connectivity index (χ1v) is 4.08. The van der Waals surface area contributed by atoms with Crippen molar-refractivity contribution < 1.29 is 14.3 Å². The van der Waals surface area contributed by atoms with E-state index < -0.39 is 17.5 Å². The number of pyridine rings is 1. The maximum absolute atomic E-state index is 13.0. The molecule has 0 bridgehead atoms. The van der Waals surface area contributed by atoms with Gasteiger partial charge in [0.2, 0.25) is 5.95 Å². The molecule has 0 amide bonds. The Morgan fingerprint density at radius 3 is 2.80 bits per heavy atom. The molecule has 76 valence electrons. The van der Waals surface area contributed by atoms with Crippen LogP contribution in [0.25, 0.3) is 5.82 Å². The Morgan fingerprint density at radius 1 is 1.47 bits per heavy atom. The van der Waals surface area contributed by atoms with Crippen LogP contribution < -0.4 is 0 Å². The number of nitrogens with zero attached hydrogens (tertiary/aromatic N) is 3. The van der Waals surface area contributed by atoms with Crippen molar-refractivity contribution in [3.63, 3.8) is 0 Å². The minimum Gasteiger partial charge on any atom is -0.477 e. The zero-order chi connectivity index (χ0) is 10.8. The fraction of sp³-hybridized carbons (Fsp3) is 0. The first-order chi connectivity index (χ1) is 7.18. The normalized spacial score (nSPS) is 10.2. The molecule has 2 aromatic heterocycles. The Kier molecular flexibility index (Phi) is 2.17. The summed E-state index contributed by atoms with van der Waals surface area (Å²) in [5, 5.41) is 12.0. The van der Waals surface area contributed by atoms with Gasteiger partial charge in [0.05, 0.1) is 6.20 Å². The molecule has 0 atom stereocenters. The Balaban J connectivity index is 2.48. The Labute approximate surface area is 83.8 Å². The molecule has 1 N–H and O–H groups in total. The number of hydrogen-bond acceptors (Lipinski definition) is 3. The Hall–Kier alpha value is -2.24. The Morgan fingerprint density at radius 2 is 2.27 bits per heavy atom. The number of halogens is 1. The highest BCUT2D eigenvalue weighted by molar-refractivity contribution is 5.87. The first-order valence-electron chi connectivity index (χ1n) is 4.08. The van der Waals surface area contributed by atoms with Crippen LogP contribution in [0.15, 0.2) is 30.6 Å². The van der Waals surface area contributed by atoms with Crippen LogP contribution in [0.4, 0.5) is 4.39 Å². The molecule has 2 heterocycles. The van der Waals surface area contributed by atoms with Gasteiger partial charge in [-0.2, -0.15) is 4.39 Å². The standard InChI is InChI=1S/C9H6FN3O2/c10-8-6(9(14)15)5-13(12-8)7-3-1-2-4-11-7/h1-5H,(H,14,15). The van der Waals surface area contributed by atoms with E-state index in [1.54, 1.807) is 18.2 Å². The topological polar surface area (TPSA) is 68.0 Å². The van der Waals surface area contributed by atoms with Crippen molar-refractivity contribution in [2.75, 3.05) is 0 Å². The van der Waals surface area contributed by atoms with Gasteiger partial charge in [0, 0.05) is 6.20 Å². The molecule has 0 fully saturated rings. The highest BCUT2D eigenvalue weighted by Gasteiger charge is 2.15. The van der Waals surface area contributed by atoms with E-state index in [4.69, 9.17) is 5.11 Å². The molecule has 0 aromatic carbocycles. The van der Waals surface area contributed by atoms with Crippen molar-refractivity contribution in [2.24, 2.45) is 0 Å². The summed E-state index contributed by atoms with van der Waals surface area (Å²) in [6.07, 6.45) is 2.59. The molecule has 0 aliphatic heterocycles. The van der Waals surface area contributed by atoms with E-state index in [1.807, 2.05) is 0 Å². The molecule has 0 unspecified atom stereocenters. The van der Waals surface area contributed by atoms with Crippen molar-refractivity contribution >= 4 is 5.97 Å². The van der Waals surface area contributed by atoms with Gasteiger partial charge in [0.15, 0.2) is 5.82 Å². The monoisotopic (exact) mass is 207 g/mol. The highest BCUT2D eigenvalue weighted by atomic mass is 19.1. The largest absolute Gasteiger partial charge is 0.477 e. The maximum Gasteiger partial charge on any atom is 0.342 e.